The van der Waals surface area contributed by atoms with Crippen LogP contribution in [0.15, 0.2) is 24.4 Å². The molecule has 2 aromatic rings. The van der Waals surface area contributed by atoms with Gasteiger partial charge in [-0.1, -0.05) is 6.07 Å². The normalized spacial score (nSPS) is 17.3. The van der Waals surface area contributed by atoms with E-state index in [4.69, 9.17) is 0 Å². The van der Waals surface area contributed by atoms with Crippen molar-refractivity contribution >= 4 is 11.4 Å². The maximum Gasteiger partial charge on any atom is 0.292 e. The number of hydrogen-bond acceptors (Lipinski definition) is 4. The van der Waals surface area contributed by atoms with E-state index in [0.717, 1.165) is 36.5 Å². The van der Waals surface area contributed by atoms with Gasteiger partial charge in [-0.3, -0.25) is 10.1 Å². The zero-order chi connectivity index (χ0) is 15.0. The van der Waals surface area contributed by atoms with Crippen molar-refractivity contribution in [3.05, 3.63) is 51.6 Å². The molecule has 0 saturated carbocycles. The standard InChI is InChI=1S/C15H18N4O2/c1-10-3-5-13(14(7-10)19(20)21)17-12-4-6-15-16-11(2)8-18(15)9-12/h3,5,7-8,12,17H,4,6,9H2,1-2H3/t12-/m0/s1. The number of aryl methyl sites for hydroxylation is 3. The Morgan fingerprint density at radius 1 is 1.43 bits per heavy atom. The third-order valence-corrected chi connectivity index (χ3v) is 3.82. The van der Waals surface area contributed by atoms with Gasteiger partial charge in [0.1, 0.15) is 11.5 Å². The highest BCUT2D eigenvalue weighted by Crippen LogP contribution is 2.28. The van der Waals surface area contributed by atoms with Gasteiger partial charge < -0.3 is 9.88 Å². The van der Waals surface area contributed by atoms with Crippen molar-refractivity contribution in [2.45, 2.75) is 39.3 Å². The predicted octanol–water partition coefficient (Wildman–Crippen LogP) is 2.84. The first-order chi connectivity index (χ1) is 10.0. The Bertz CT molecular complexity index is 693. The lowest BCUT2D eigenvalue weighted by Crippen LogP contribution is -2.31. The SMILES string of the molecule is Cc1ccc(N[C@H]2CCc3nc(C)cn3C2)c([N+](=O)[O-])c1. The molecule has 0 aliphatic carbocycles. The number of rotatable bonds is 3. The molecule has 1 atom stereocenters. The summed E-state index contributed by atoms with van der Waals surface area (Å²) < 4.78 is 2.14. The molecule has 1 aliphatic heterocycles. The van der Waals surface area contributed by atoms with Crippen LogP contribution in [0.4, 0.5) is 11.4 Å². The fourth-order valence-corrected chi connectivity index (χ4v) is 2.84. The number of anilines is 1. The minimum Gasteiger partial charge on any atom is -0.375 e. The van der Waals surface area contributed by atoms with Crippen molar-refractivity contribution in [3.63, 3.8) is 0 Å². The quantitative estimate of drug-likeness (QED) is 0.695. The van der Waals surface area contributed by atoms with Crippen molar-refractivity contribution in [3.8, 4) is 0 Å². The Morgan fingerprint density at radius 3 is 3.00 bits per heavy atom. The molecule has 1 N–H and O–H groups in total. The van der Waals surface area contributed by atoms with Crippen molar-refractivity contribution < 1.29 is 4.92 Å². The van der Waals surface area contributed by atoms with Crippen LogP contribution < -0.4 is 5.32 Å². The van der Waals surface area contributed by atoms with E-state index >= 15 is 0 Å². The third kappa shape index (κ3) is 2.74. The summed E-state index contributed by atoms with van der Waals surface area (Å²) in [6.07, 6.45) is 3.86. The lowest BCUT2D eigenvalue weighted by atomic mass is 10.1. The lowest BCUT2D eigenvalue weighted by Gasteiger charge is -2.25. The number of nitrogens with one attached hydrogen (secondary N) is 1. The predicted molar refractivity (Wildman–Crippen MR) is 80.5 cm³/mol. The van der Waals surface area contributed by atoms with Crippen molar-refractivity contribution in [2.75, 3.05) is 5.32 Å². The molecule has 6 heteroatoms. The summed E-state index contributed by atoms with van der Waals surface area (Å²) >= 11 is 0. The van der Waals surface area contributed by atoms with Crippen molar-refractivity contribution in [1.29, 1.82) is 0 Å². The maximum absolute atomic E-state index is 11.2. The summed E-state index contributed by atoms with van der Waals surface area (Å²) in [7, 11) is 0. The molecule has 3 rings (SSSR count). The second kappa shape index (κ2) is 5.20. The van der Waals surface area contributed by atoms with Crippen LogP contribution in [0.2, 0.25) is 0 Å². The van der Waals surface area contributed by atoms with Gasteiger partial charge in [-0.2, -0.15) is 0 Å². The molecule has 0 spiro atoms. The first-order valence-corrected chi connectivity index (χ1v) is 7.07. The minimum absolute atomic E-state index is 0.141. The van der Waals surface area contributed by atoms with E-state index in [9.17, 15) is 10.1 Å². The number of imidazole rings is 1. The first-order valence-electron chi connectivity index (χ1n) is 7.07. The molecule has 0 unspecified atom stereocenters. The summed E-state index contributed by atoms with van der Waals surface area (Å²) in [5, 5.41) is 14.5. The van der Waals surface area contributed by atoms with Crippen LogP contribution in [0.1, 0.15) is 23.5 Å². The van der Waals surface area contributed by atoms with E-state index in [0.29, 0.717) is 5.69 Å². The van der Waals surface area contributed by atoms with E-state index in [1.165, 1.54) is 0 Å². The van der Waals surface area contributed by atoms with Gasteiger partial charge in [0.15, 0.2) is 0 Å². The number of fused-ring (bicyclic) bond motifs is 1. The molecule has 0 saturated heterocycles. The topological polar surface area (TPSA) is 73.0 Å². The number of nitro benzene ring substituents is 1. The van der Waals surface area contributed by atoms with E-state index in [-0.39, 0.29) is 16.7 Å². The highest BCUT2D eigenvalue weighted by atomic mass is 16.6. The second-order valence-electron chi connectivity index (χ2n) is 5.61. The Kier molecular flexibility index (Phi) is 3.37. The molecule has 110 valence electrons. The molecular weight excluding hydrogens is 268 g/mol. The number of nitro groups is 1. The molecular formula is C15H18N4O2. The van der Waals surface area contributed by atoms with E-state index < -0.39 is 0 Å². The van der Waals surface area contributed by atoms with Crippen LogP contribution in [0.5, 0.6) is 0 Å². The number of benzene rings is 1. The molecule has 1 aliphatic rings. The van der Waals surface area contributed by atoms with Gasteiger partial charge in [-0.25, -0.2) is 4.98 Å². The van der Waals surface area contributed by atoms with Gasteiger partial charge in [0, 0.05) is 31.3 Å². The zero-order valence-corrected chi connectivity index (χ0v) is 12.2. The fourth-order valence-electron chi connectivity index (χ4n) is 2.84. The smallest absolute Gasteiger partial charge is 0.292 e. The average Bonchev–Trinajstić information content (AvgIpc) is 2.80. The molecule has 1 aromatic heterocycles. The van der Waals surface area contributed by atoms with Gasteiger partial charge in [-0.05, 0) is 31.9 Å². The number of hydrogen-bond donors (Lipinski definition) is 1. The molecule has 0 bridgehead atoms. The maximum atomic E-state index is 11.2. The first kappa shape index (κ1) is 13.6. The Morgan fingerprint density at radius 2 is 2.24 bits per heavy atom. The molecule has 2 heterocycles. The average molecular weight is 286 g/mol. The Balaban J connectivity index is 1.80. The van der Waals surface area contributed by atoms with Crippen LogP contribution in [0.25, 0.3) is 0 Å². The minimum atomic E-state index is -0.328. The highest BCUT2D eigenvalue weighted by Gasteiger charge is 2.22. The fraction of sp³-hybridized carbons (Fsp3) is 0.400. The molecule has 21 heavy (non-hydrogen) atoms. The summed E-state index contributed by atoms with van der Waals surface area (Å²) in [6, 6.07) is 5.48. The number of aromatic nitrogens is 2. The summed E-state index contributed by atoms with van der Waals surface area (Å²) in [5.74, 6) is 1.10. The molecule has 0 radical (unpaired) electrons. The largest absolute Gasteiger partial charge is 0.375 e. The molecule has 0 fully saturated rings. The monoisotopic (exact) mass is 286 g/mol. The summed E-state index contributed by atoms with van der Waals surface area (Å²) in [6.45, 7) is 4.64. The molecule has 6 nitrogen and oxygen atoms in total. The van der Waals surface area contributed by atoms with Crippen LogP contribution in [-0.2, 0) is 13.0 Å². The molecule has 0 amide bonds. The van der Waals surface area contributed by atoms with Gasteiger partial charge in [0.05, 0.1) is 10.6 Å². The molecule has 1 aromatic carbocycles. The van der Waals surface area contributed by atoms with Crippen LogP contribution in [0, 0.1) is 24.0 Å². The van der Waals surface area contributed by atoms with Gasteiger partial charge in [0.2, 0.25) is 0 Å². The van der Waals surface area contributed by atoms with Crippen molar-refractivity contribution in [1.82, 2.24) is 9.55 Å². The van der Waals surface area contributed by atoms with E-state index in [1.807, 2.05) is 26.1 Å². The van der Waals surface area contributed by atoms with Gasteiger partial charge in [0.25, 0.3) is 5.69 Å². The van der Waals surface area contributed by atoms with E-state index in [1.54, 1.807) is 12.1 Å². The lowest BCUT2D eigenvalue weighted by molar-refractivity contribution is -0.384. The zero-order valence-electron chi connectivity index (χ0n) is 12.2. The van der Waals surface area contributed by atoms with Gasteiger partial charge in [-0.15, -0.1) is 0 Å². The highest BCUT2D eigenvalue weighted by molar-refractivity contribution is 5.63. The third-order valence-electron chi connectivity index (χ3n) is 3.82. The van der Waals surface area contributed by atoms with Crippen LogP contribution in [0.3, 0.4) is 0 Å². The van der Waals surface area contributed by atoms with Crippen LogP contribution >= 0.6 is 0 Å². The van der Waals surface area contributed by atoms with E-state index in [2.05, 4.69) is 14.9 Å². The summed E-state index contributed by atoms with van der Waals surface area (Å²) in [5.41, 5.74) is 2.65. The Labute approximate surface area is 123 Å². The number of nitrogens with zero attached hydrogens (tertiary/aromatic N) is 3. The Hall–Kier alpha value is -2.37. The van der Waals surface area contributed by atoms with Gasteiger partial charge >= 0.3 is 0 Å². The summed E-state index contributed by atoms with van der Waals surface area (Å²) in [4.78, 5) is 15.3. The van der Waals surface area contributed by atoms with Crippen molar-refractivity contribution in [2.24, 2.45) is 0 Å². The second-order valence-corrected chi connectivity index (χ2v) is 5.61. The van der Waals surface area contributed by atoms with Crippen LogP contribution in [-0.4, -0.2) is 20.5 Å².